The van der Waals surface area contributed by atoms with Gasteiger partial charge < -0.3 is 9.47 Å². The maximum absolute atomic E-state index is 5.88. The summed E-state index contributed by atoms with van der Waals surface area (Å²) in [6, 6.07) is 0. The molecular weight excluding hydrogens is 268 g/mol. The molecule has 1 aliphatic heterocycles. The Balaban J connectivity index is 2.18. The molecule has 0 fully saturated rings. The van der Waals surface area contributed by atoms with E-state index in [1.165, 1.54) is 35.4 Å². The Hall–Kier alpha value is -0.960. The number of unbranched alkanes of at least 4 members (excludes halogenated alkanes) is 1. The summed E-state index contributed by atoms with van der Waals surface area (Å²) in [5, 5.41) is 0. The molecule has 0 radical (unpaired) electrons. The molecule has 0 bridgehead atoms. The Morgan fingerprint density at radius 3 is 2.60 bits per heavy atom. The summed E-state index contributed by atoms with van der Waals surface area (Å²) in [4.78, 5) is 2.58. The third kappa shape index (κ3) is 3.57. The van der Waals surface area contributed by atoms with Crippen LogP contribution in [-0.2, 0) is 6.42 Å². The summed E-state index contributed by atoms with van der Waals surface area (Å²) in [5.41, 5.74) is 0. The van der Waals surface area contributed by atoms with Gasteiger partial charge in [0.15, 0.2) is 11.5 Å². The van der Waals surface area contributed by atoms with Crippen LogP contribution in [0.15, 0.2) is 6.08 Å². The van der Waals surface area contributed by atoms with Gasteiger partial charge in [0.1, 0.15) is 13.2 Å². The maximum atomic E-state index is 5.88. The normalized spacial score (nSPS) is 15.8. The van der Waals surface area contributed by atoms with Crippen molar-refractivity contribution in [3.05, 3.63) is 15.8 Å². The van der Waals surface area contributed by atoms with Gasteiger partial charge in [0.2, 0.25) is 0 Å². The molecule has 20 heavy (non-hydrogen) atoms. The van der Waals surface area contributed by atoms with Gasteiger partial charge in [0.05, 0.1) is 9.75 Å². The lowest BCUT2D eigenvalue weighted by Gasteiger charge is -2.18. The molecule has 0 spiro atoms. The predicted octanol–water partition coefficient (Wildman–Crippen LogP) is 5.31. The zero-order valence-corrected chi connectivity index (χ0v) is 13.7. The Kier molecular flexibility index (Phi) is 5.96. The third-order valence-electron chi connectivity index (χ3n) is 3.83. The summed E-state index contributed by atoms with van der Waals surface area (Å²) < 4.78 is 11.7. The molecule has 0 aromatic carbocycles. The lowest BCUT2D eigenvalue weighted by atomic mass is 9.95. The molecule has 1 unspecified atom stereocenters. The number of fused-ring (bicyclic) bond motifs is 1. The molecule has 0 N–H and O–H groups in total. The van der Waals surface area contributed by atoms with Crippen molar-refractivity contribution < 1.29 is 9.47 Å². The molecule has 1 aliphatic rings. The highest BCUT2D eigenvalue weighted by atomic mass is 32.1. The van der Waals surface area contributed by atoms with Crippen LogP contribution < -0.4 is 9.47 Å². The molecule has 1 aromatic rings. The number of rotatable bonds is 7. The van der Waals surface area contributed by atoms with Crippen LogP contribution in [0.4, 0.5) is 0 Å². The lowest BCUT2D eigenvalue weighted by Crippen LogP contribution is -2.15. The topological polar surface area (TPSA) is 18.5 Å². The highest BCUT2D eigenvalue weighted by Crippen LogP contribution is 2.46. The first kappa shape index (κ1) is 15.4. The van der Waals surface area contributed by atoms with E-state index in [0.29, 0.717) is 13.2 Å². The molecule has 2 rings (SSSR count). The quantitative estimate of drug-likeness (QED) is 0.678. The second-order valence-electron chi connectivity index (χ2n) is 5.37. The van der Waals surface area contributed by atoms with Gasteiger partial charge in [0.25, 0.3) is 0 Å². The van der Waals surface area contributed by atoms with E-state index in [-0.39, 0.29) is 0 Å². The highest BCUT2D eigenvalue weighted by molar-refractivity contribution is 7.13. The molecule has 0 saturated heterocycles. The van der Waals surface area contributed by atoms with Gasteiger partial charge in [-0.3, -0.25) is 0 Å². The monoisotopic (exact) mass is 294 g/mol. The number of hydrogen-bond acceptors (Lipinski definition) is 3. The van der Waals surface area contributed by atoms with E-state index in [0.717, 1.165) is 23.8 Å². The van der Waals surface area contributed by atoms with Gasteiger partial charge in [0, 0.05) is 0 Å². The van der Waals surface area contributed by atoms with Crippen molar-refractivity contribution >= 4 is 17.4 Å². The Morgan fingerprint density at radius 1 is 1.20 bits per heavy atom. The Morgan fingerprint density at radius 2 is 1.95 bits per heavy atom. The molecule has 0 saturated carbocycles. The van der Waals surface area contributed by atoms with Gasteiger partial charge in [-0.2, -0.15) is 0 Å². The summed E-state index contributed by atoms with van der Waals surface area (Å²) in [5.74, 6) is 2.76. The fourth-order valence-corrected chi connectivity index (χ4v) is 3.91. The fraction of sp³-hybridized carbons (Fsp3) is 0.647. The van der Waals surface area contributed by atoms with Crippen LogP contribution in [0.5, 0.6) is 11.5 Å². The molecular formula is C17H26O2S. The fourth-order valence-electron chi connectivity index (χ4n) is 2.64. The number of ether oxygens (including phenoxy) is 2. The molecule has 1 atom stereocenters. The van der Waals surface area contributed by atoms with Crippen molar-refractivity contribution in [1.82, 2.24) is 0 Å². The summed E-state index contributed by atoms with van der Waals surface area (Å²) >= 11 is 1.84. The second-order valence-corrected chi connectivity index (χ2v) is 6.50. The number of thiophene rings is 1. The zero-order valence-electron chi connectivity index (χ0n) is 12.9. The molecule has 0 amide bonds. The van der Waals surface area contributed by atoms with E-state index < -0.39 is 0 Å². The maximum Gasteiger partial charge on any atom is 0.179 e. The van der Waals surface area contributed by atoms with Crippen molar-refractivity contribution in [2.24, 2.45) is 5.92 Å². The van der Waals surface area contributed by atoms with Gasteiger partial charge in [-0.15, -0.1) is 11.3 Å². The molecule has 112 valence electrons. The van der Waals surface area contributed by atoms with E-state index >= 15 is 0 Å². The average Bonchev–Trinajstić information content (AvgIpc) is 2.82. The largest absolute Gasteiger partial charge is 0.485 e. The summed E-state index contributed by atoms with van der Waals surface area (Å²) in [6.07, 6.45) is 10.5. The van der Waals surface area contributed by atoms with E-state index in [1.54, 1.807) is 0 Å². The van der Waals surface area contributed by atoms with E-state index in [4.69, 9.17) is 9.47 Å². The molecule has 0 aliphatic carbocycles. The van der Waals surface area contributed by atoms with Crippen LogP contribution in [0, 0.1) is 5.92 Å². The number of hydrogen-bond donors (Lipinski definition) is 0. The van der Waals surface area contributed by atoms with Crippen molar-refractivity contribution in [2.75, 3.05) is 13.2 Å². The van der Waals surface area contributed by atoms with Crippen LogP contribution in [0.1, 0.15) is 56.2 Å². The molecule has 2 nitrogen and oxygen atoms in total. The first-order valence-corrected chi connectivity index (χ1v) is 8.65. The Bertz CT molecular complexity index is 448. The summed E-state index contributed by atoms with van der Waals surface area (Å²) in [6.45, 7) is 7.95. The highest BCUT2D eigenvalue weighted by Gasteiger charge is 2.24. The van der Waals surface area contributed by atoms with E-state index in [1.807, 2.05) is 18.3 Å². The van der Waals surface area contributed by atoms with Crippen LogP contribution >= 0.6 is 11.3 Å². The van der Waals surface area contributed by atoms with Crippen molar-refractivity contribution in [1.29, 1.82) is 0 Å². The molecule has 3 heteroatoms. The lowest BCUT2D eigenvalue weighted by molar-refractivity contribution is 0.171. The smallest absolute Gasteiger partial charge is 0.179 e. The van der Waals surface area contributed by atoms with Crippen LogP contribution in [0.2, 0.25) is 0 Å². The minimum atomic E-state index is 0.667. The van der Waals surface area contributed by atoms with Crippen molar-refractivity contribution in [3.63, 3.8) is 0 Å². The zero-order chi connectivity index (χ0) is 14.4. The van der Waals surface area contributed by atoms with Gasteiger partial charge in [-0.25, -0.2) is 0 Å². The minimum Gasteiger partial charge on any atom is -0.485 e. The standard InChI is InChI=1S/C17H26O2S/c1-4-7-9-13(6-3)12-15-17-16(18-10-11-19-17)14(20-15)8-5-2/h5,8,13H,4,6-7,9-12H2,1-3H3/b8-5+. The van der Waals surface area contributed by atoms with Crippen LogP contribution in [0.25, 0.3) is 6.08 Å². The van der Waals surface area contributed by atoms with E-state index in [2.05, 4.69) is 26.0 Å². The van der Waals surface area contributed by atoms with Crippen molar-refractivity contribution in [3.8, 4) is 11.5 Å². The van der Waals surface area contributed by atoms with E-state index in [9.17, 15) is 0 Å². The van der Waals surface area contributed by atoms with Gasteiger partial charge in [-0.05, 0) is 25.3 Å². The van der Waals surface area contributed by atoms with Gasteiger partial charge >= 0.3 is 0 Å². The first-order valence-electron chi connectivity index (χ1n) is 7.84. The third-order valence-corrected chi connectivity index (χ3v) is 4.97. The van der Waals surface area contributed by atoms with Crippen LogP contribution in [-0.4, -0.2) is 13.2 Å². The summed E-state index contributed by atoms with van der Waals surface area (Å²) in [7, 11) is 0. The van der Waals surface area contributed by atoms with Crippen molar-refractivity contribution in [2.45, 2.75) is 52.9 Å². The predicted molar refractivity (Wildman–Crippen MR) is 87.0 cm³/mol. The molecule has 1 aromatic heterocycles. The SMILES string of the molecule is C/C=C/c1sc(CC(CC)CCCC)c2c1OCCO2. The van der Waals surface area contributed by atoms with Crippen LogP contribution in [0.3, 0.4) is 0 Å². The number of allylic oxidation sites excluding steroid dienone is 1. The molecule has 2 heterocycles. The average molecular weight is 294 g/mol. The Labute approximate surface area is 126 Å². The first-order chi connectivity index (χ1) is 9.80. The van der Waals surface area contributed by atoms with Gasteiger partial charge in [-0.1, -0.05) is 45.6 Å². The minimum absolute atomic E-state index is 0.667. The second kappa shape index (κ2) is 7.72.